The summed E-state index contributed by atoms with van der Waals surface area (Å²) in [6.45, 7) is 1.95. The first-order valence-electron chi connectivity index (χ1n) is 9.30. The van der Waals surface area contributed by atoms with Crippen molar-refractivity contribution in [1.82, 2.24) is 24.4 Å². The number of aromatic amines is 1. The van der Waals surface area contributed by atoms with Crippen molar-refractivity contribution in [3.05, 3.63) is 82.4 Å². The fourth-order valence-corrected chi connectivity index (χ4v) is 3.34. The molecule has 0 spiro atoms. The third-order valence-electron chi connectivity index (χ3n) is 4.91. The lowest BCUT2D eigenvalue weighted by atomic mass is 10.1. The Morgan fingerprint density at radius 1 is 1.10 bits per heavy atom. The molecule has 0 aliphatic heterocycles. The van der Waals surface area contributed by atoms with Gasteiger partial charge in [-0.2, -0.15) is 0 Å². The van der Waals surface area contributed by atoms with Crippen LogP contribution in [0.1, 0.15) is 28.9 Å². The van der Waals surface area contributed by atoms with Gasteiger partial charge in [-0.15, -0.1) is 0 Å². The lowest BCUT2D eigenvalue weighted by Gasteiger charge is -2.14. The molecule has 1 amide bonds. The molecule has 0 saturated carbocycles. The van der Waals surface area contributed by atoms with Crippen LogP contribution in [0.2, 0.25) is 0 Å². The smallest absolute Gasteiger partial charge is 0.329 e. The molecule has 29 heavy (non-hydrogen) atoms. The Kier molecular flexibility index (Phi) is 4.72. The fraction of sp³-hybridized carbons (Fsp3) is 0.182. The van der Waals surface area contributed by atoms with Crippen LogP contribution in [0.5, 0.6) is 0 Å². The van der Waals surface area contributed by atoms with Crippen LogP contribution < -0.4 is 5.69 Å². The summed E-state index contributed by atoms with van der Waals surface area (Å²) in [6.07, 6.45) is 1.61. The minimum Gasteiger partial charge on any atom is -0.345 e. The van der Waals surface area contributed by atoms with E-state index < -0.39 is 0 Å². The normalized spacial score (nSPS) is 12.1. The number of fused-ring (bicyclic) bond motifs is 1. The molecule has 7 heteroatoms. The molecule has 0 radical (unpaired) electrons. The first-order valence-corrected chi connectivity index (χ1v) is 9.30. The van der Waals surface area contributed by atoms with Crippen molar-refractivity contribution in [3.8, 4) is 11.3 Å². The Labute approximate surface area is 167 Å². The number of amides is 1. The maximum atomic E-state index is 12.6. The monoisotopic (exact) mass is 387 g/mol. The van der Waals surface area contributed by atoms with E-state index in [1.807, 2.05) is 49.4 Å². The number of carbonyl (C=O) groups excluding carboxylic acids is 1. The molecule has 1 atom stereocenters. The minimum absolute atomic E-state index is 0.0860. The summed E-state index contributed by atoms with van der Waals surface area (Å²) in [5, 5.41) is 0. The van der Waals surface area contributed by atoms with E-state index in [9.17, 15) is 9.59 Å². The fourth-order valence-electron chi connectivity index (χ4n) is 3.34. The summed E-state index contributed by atoms with van der Waals surface area (Å²) in [5.74, 6) is -0.0860. The number of aromatic nitrogens is 4. The van der Waals surface area contributed by atoms with Gasteiger partial charge in [0.2, 0.25) is 0 Å². The van der Waals surface area contributed by atoms with Crippen molar-refractivity contribution in [2.45, 2.75) is 13.0 Å². The van der Waals surface area contributed by atoms with Crippen LogP contribution in [-0.4, -0.2) is 44.4 Å². The first kappa shape index (κ1) is 18.6. The Balaban J connectivity index is 1.82. The van der Waals surface area contributed by atoms with E-state index in [1.54, 1.807) is 37.0 Å². The summed E-state index contributed by atoms with van der Waals surface area (Å²) < 4.78 is 1.61. The Bertz CT molecular complexity index is 1240. The third-order valence-corrected chi connectivity index (χ3v) is 4.91. The average Bonchev–Trinajstić information content (AvgIpc) is 3.08. The number of hydrogen-bond donors (Lipinski definition) is 1. The van der Waals surface area contributed by atoms with Gasteiger partial charge in [-0.3, -0.25) is 14.3 Å². The van der Waals surface area contributed by atoms with Crippen LogP contribution in [0.3, 0.4) is 0 Å². The van der Waals surface area contributed by atoms with Crippen LogP contribution in [0.15, 0.2) is 65.6 Å². The van der Waals surface area contributed by atoms with Crippen molar-refractivity contribution < 1.29 is 4.79 Å². The number of benzene rings is 2. The molecule has 2 heterocycles. The third kappa shape index (κ3) is 3.42. The predicted octanol–water partition coefficient (Wildman–Crippen LogP) is 3.10. The lowest BCUT2D eigenvalue weighted by molar-refractivity contribution is 0.0827. The Morgan fingerprint density at radius 3 is 2.59 bits per heavy atom. The van der Waals surface area contributed by atoms with Gasteiger partial charge in [-0.1, -0.05) is 42.5 Å². The summed E-state index contributed by atoms with van der Waals surface area (Å²) in [6, 6.07) is 16.8. The van der Waals surface area contributed by atoms with Gasteiger partial charge in [-0.25, -0.2) is 14.8 Å². The molecule has 1 N–H and O–H groups in total. The van der Waals surface area contributed by atoms with E-state index >= 15 is 0 Å². The predicted molar refractivity (Wildman–Crippen MR) is 112 cm³/mol. The molecule has 0 aliphatic rings. The summed E-state index contributed by atoms with van der Waals surface area (Å²) in [5.41, 5.74) is 3.58. The molecule has 2 aromatic carbocycles. The van der Waals surface area contributed by atoms with Crippen LogP contribution in [-0.2, 0) is 0 Å². The molecule has 146 valence electrons. The van der Waals surface area contributed by atoms with Gasteiger partial charge in [-0.05, 0) is 24.6 Å². The van der Waals surface area contributed by atoms with Crippen molar-refractivity contribution in [1.29, 1.82) is 0 Å². The van der Waals surface area contributed by atoms with Crippen molar-refractivity contribution in [3.63, 3.8) is 0 Å². The zero-order valence-corrected chi connectivity index (χ0v) is 16.5. The number of imidazole rings is 1. The second-order valence-electron chi connectivity index (χ2n) is 7.09. The van der Waals surface area contributed by atoms with E-state index in [-0.39, 0.29) is 17.6 Å². The second kappa shape index (κ2) is 7.35. The molecular weight excluding hydrogens is 366 g/mol. The van der Waals surface area contributed by atoms with Crippen molar-refractivity contribution >= 4 is 17.2 Å². The molecule has 0 bridgehead atoms. The van der Waals surface area contributed by atoms with Gasteiger partial charge in [0.05, 0.1) is 17.9 Å². The van der Waals surface area contributed by atoms with Gasteiger partial charge >= 0.3 is 5.69 Å². The largest absolute Gasteiger partial charge is 0.345 e. The molecule has 2 aromatic heterocycles. The zero-order valence-electron chi connectivity index (χ0n) is 16.5. The molecule has 0 saturated heterocycles. The maximum Gasteiger partial charge on any atom is 0.329 e. The van der Waals surface area contributed by atoms with Gasteiger partial charge in [0.1, 0.15) is 0 Å². The molecule has 4 rings (SSSR count). The quantitative estimate of drug-likeness (QED) is 0.583. The van der Waals surface area contributed by atoms with E-state index in [0.29, 0.717) is 22.6 Å². The highest BCUT2D eigenvalue weighted by Gasteiger charge is 2.18. The van der Waals surface area contributed by atoms with Gasteiger partial charge in [0.15, 0.2) is 11.3 Å². The van der Waals surface area contributed by atoms with Crippen LogP contribution >= 0.6 is 0 Å². The molecule has 0 aliphatic carbocycles. The van der Waals surface area contributed by atoms with E-state index in [0.717, 1.165) is 11.1 Å². The number of carbonyl (C=O) groups is 1. The maximum absolute atomic E-state index is 12.6. The Morgan fingerprint density at radius 2 is 1.86 bits per heavy atom. The van der Waals surface area contributed by atoms with Crippen molar-refractivity contribution in [2.75, 3.05) is 14.1 Å². The zero-order chi connectivity index (χ0) is 20.5. The number of H-pyrrole nitrogens is 1. The van der Waals surface area contributed by atoms with Crippen LogP contribution in [0, 0.1) is 0 Å². The molecule has 4 aromatic rings. The van der Waals surface area contributed by atoms with Crippen LogP contribution in [0.4, 0.5) is 0 Å². The number of nitrogens with one attached hydrogen (secondary N) is 1. The van der Waals surface area contributed by atoms with Crippen molar-refractivity contribution in [2.24, 2.45) is 0 Å². The van der Waals surface area contributed by atoms with Crippen LogP contribution in [0.25, 0.3) is 22.6 Å². The highest BCUT2D eigenvalue weighted by molar-refractivity contribution is 5.95. The summed E-state index contributed by atoms with van der Waals surface area (Å²) in [7, 11) is 3.43. The topological polar surface area (TPSA) is 83.9 Å². The number of nitrogens with zero attached hydrogens (tertiary/aromatic N) is 4. The van der Waals surface area contributed by atoms with Gasteiger partial charge in [0, 0.05) is 25.2 Å². The van der Waals surface area contributed by atoms with E-state index in [2.05, 4.69) is 9.97 Å². The van der Waals surface area contributed by atoms with Gasteiger partial charge in [0.25, 0.3) is 5.91 Å². The highest BCUT2D eigenvalue weighted by atomic mass is 16.2. The second-order valence-corrected chi connectivity index (χ2v) is 7.09. The molecule has 0 unspecified atom stereocenters. The molecular formula is C22H21N5O2. The van der Waals surface area contributed by atoms with Gasteiger partial charge < -0.3 is 4.90 Å². The van der Waals surface area contributed by atoms with E-state index in [1.165, 1.54) is 4.90 Å². The average molecular weight is 387 g/mol. The molecule has 0 fully saturated rings. The summed E-state index contributed by atoms with van der Waals surface area (Å²) in [4.78, 5) is 38.3. The number of rotatable bonds is 4. The SMILES string of the molecule is C[C@@H](c1ccccc1)n1c(=O)[nH]c2ncc(-c3cccc(C(=O)N(C)C)c3)nc21. The van der Waals surface area contributed by atoms with E-state index in [4.69, 9.17) is 4.98 Å². The number of hydrogen-bond acceptors (Lipinski definition) is 4. The minimum atomic E-state index is -0.259. The highest BCUT2D eigenvalue weighted by Crippen LogP contribution is 2.23. The Hall–Kier alpha value is -3.74. The molecule has 7 nitrogen and oxygen atoms in total. The summed E-state index contributed by atoms with van der Waals surface area (Å²) >= 11 is 0. The standard InChI is InChI=1S/C22H21N5O2/c1-14(15-8-5-4-6-9-15)27-20-19(25-22(27)29)23-13-18(24-20)16-10-7-11-17(12-16)21(28)26(2)3/h4-14H,1-3H3,(H,23,25,29)/t14-/m0/s1. The first-order chi connectivity index (χ1) is 14.0. The lowest BCUT2D eigenvalue weighted by Crippen LogP contribution is -2.21.